The van der Waals surface area contributed by atoms with Crippen molar-refractivity contribution in [3.05, 3.63) is 53.6 Å². The van der Waals surface area contributed by atoms with Gasteiger partial charge in [0.05, 0.1) is 0 Å². The molecule has 0 saturated carbocycles. The van der Waals surface area contributed by atoms with Gasteiger partial charge in [-0.05, 0) is 19.4 Å². The number of benzene rings is 1. The Kier molecular flexibility index (Phi) is 4.53. The first-order valence-corrected chi connectivity index (χ1v) is 6.65. The van der Waals surface area contributed by atoms with Crippen LogP contribution in [0.15, 0.2) is 36.7 Å². The molecular formula is C15H20N4O. The van der Waals surface area contributed by atoms with Crippen molar-refractivity contribution in [1.29, 1.82) is 0 Å². The van der Waals surface area contributed by atoms with E-state index in [9.17, 15) is 4.79 Å². The first-order chi connectivity index (χ1) is 9.58. The van der Waals surface area contributed by atoms with E-state index >= 15 is 0 Å². The molecule has 1 heterocycles. The van der Waals surface area contributed by atoms with Gasteiger partial charge in [-0.2, -0.15) is 0 Å². The average molecular weight is 272 g/mol. The molecule has 2 aromatic rings. The highest BCUT2D eigenvalue weighted by Crippen LogP contribution is 2.11. The molecule has 0 aliphatic carbocycles. The van der Waals surface area contributed by atoms with Crippen LogP contribution in [0.3, 0.4) is 0 Å². The number of nitrogens with one attached hydrogen (secondary N) is 1. The summed E-state index contributed by atoms with van der Waals surface area (Å²) >= 11 is 0. The summed E-state index contributed by atoms with van der Waals surface area (Å²) in [5, 5.41) is 2.85. The van der Waals surface area contributed by atoms with Crippen molar-refractivity contribution >= 4 is 5.91 Å². The number of carbonyl (C=O) groups is 1. The monoisotopic (exact) mass is 272 g/mol. The van der Waals surface area contributed by atoms with Crippen LogP contribution in [0.4, 0.5) is 0 Å². The molecule has 1 unspecified atom stereocenters. The largest absolute Gasteiger partial charge is 0.353 e. The molecule has 0 aliphatic rings. The molecule has 0 radical (unpaired) electrons. The summed E-state index contributed by atoms with van der Waals surface area (Å²) in [6.07, 6.45) is 3.64. The second kappa shape index (κ2) is 6.34. The fourth-order valence-electron chi connectivity index (χ4n) is 1.97. The van der Waals surface area contributed by atoms with Gasteiger partial charge in [0.1, 0.15) is 11.9 Å². The standard InChI is InChI=1S/C15H20N4O/c1-11-3-5-13(6-4-11)14(16)15(20)18-8-10-19-9-7-17-12(19)2/h3-7,9,14H,8,10,16H2,1-2H3,(H,18,20). The van der Waals surface area contributed by atoms with Gasteiger partial charge in [0.2, 0.25) is 5.91 Å². The second-order valence-corrected chi connectivity index (χ2v) is 4.85. The molecule has 0 aliphatic heterocycles. The maximum absolute atomic E-state index is 12.0. The van der Waals surface area contributed by atoms with Crippen LogP contribution in [-0.4, -0.2) is 22.0 Å². The zero-order valence-corrected chi connectivity index (χ0v) is 11.8. The molecule has 20 heavy (non-hydrogen) atoms. The number of hydrogen-bond acceptors (Lipinski definition) is 3. The van der Waals surface area contributed by atoms with Crippen molar-refractivity contribution in [2.24, 2.45) is 5.73 Å². The lowest BCUT2D eigenvalue weighted by molar-refractivity contribution is -0.122. The zero-order chi connectivity index (χ0) is 14.5. The average Bonchev–Trinajstić information content (AvgIpc) is 2.84. The summed E-state index contributed by atoms with van der Waals surface area (Å²) in [4.78, 5) is 16.1. The third-order valence-electron chi connectivity index (χ3n) is 3.29. The Morgan fingerprint density at radius 1 is 1.35 bits per heavy atom. The molecule has 1 aromatic heterocycles. The van der Waals surface area contributed by atoms with Gasteiger partial charge in [-0.1, -0.05) is 29.8 Å². The van der Waals surface area contributed by atoms with E-state index in [1.54, 1.807) is 6.20 Å². The Morgan fingerprint density at radius 3 is 2.65 bits per heavy atom. The van der Waals surface area contributed by atoms with Gasteiger partial charge >= 0.3 is 0 Å². The van der Waals surface area contributed by atoms with Crippen molar-refractivity contribution < 1.29 is 4.79 Å². The Balaban J connectivity index is 1.85. The molecule has 1 amide bonds. The van der Waals surface area contributed by atoms with Gasteiger partial charge in [-0.15, -0.1) is 0 Å². The molecule has 1 aromatic carbocycles. The molecule has 1 atom stereocenters. The van der Waals surface area contributed by atoms with Gasteiger partial charge in [0.25, 0.3) is 0 Å². The van der Waals surface area contributed by atoms with Crippen LogP contribution in [0.2, 0.25) is 0 Å². The highest BCUT2D eigenvalue weighted by Gasteiger charge is 2.14. The summed E-state index contributed by atoms with van der Waals surface area (Å²) in [5.41, 5.74) is 7.92. The van der Waals surface area contributed by atoms with Crippen molar-refractivity contribution in [2.45, 2.75) is 26.4 Å². The van der Waals surface area contributed by atoms with Crippen molar-refractivity contribution in [2.75, 3.05) is 6.54 Å². The summed E-state index contributed by atoms with van der Waals surface area (Å²) < 4.78 is 1.98. The van der Waals surface area contributed by atoms with Gasteiger partial charge in [0, 0.05) is 25.5 Å². The Morgan fingerprint density at radius 2 is 2.05 bits per heavy atom. The predicted octanol–water partition coefficient (Wildman–Crippen LogP) is 1.32. The van der Waals surface area contributed by atoms with Crippen molar-refractivity contribution in [3.8, 4) is 0 Å². The molecular weight excluding hydrogens is 252 g/mol. The van der Waals surface area contributed by atoms with Gasteiger partial charge in [0.15, 0.2) is 0 Å². The first-order valence-electron chi connectivity index (χ1n) is 6.65. The van der Waals surface area contributed by atoms with Crippen LogP contribution in [0.1, 0.15) is 23.0 Å². The van der Waals surface area contributed by atoms with Gasteiger partial charge in [-0.3, -0.25) is 4.79 Å². The quantitative estimate of drug-likeness (QED) is 0.862. The third-order valence-corrected chi connectivity index (χ3v) is 3.29. The summed E-state index contributed by atoms with van der Waals surface area (Å²) in [5.74, 6) is 0.772. The maximum Gasteiger partial charge on any atom is 0.241 e. The SMILES string of the molecule is Cc1ccc(C(N)C(=O)NCCn2ccnc2C)cc1. The lowest BCUT2D eigenvalue weighted by atomic mass is 10.1. The van der Waals surface area contributed by atoms with E-state index in [0.717, 1.165) is 17.0 Å². The van der Waals surface area contributed by atoms with Crippen LogP contribution in [0.25, 0.3) is 0 Å². The van der Waals surface area contributed by atoms with Gasteiger partial charge in [-0.25, -0.2) is 4.98 Å². The topological polar surface area (TPSA) is 72.9 Å². The highest BCUT2D eigenvalue weighted by atomic mass is 16.2. The van der Waals surface area contributed by atoms with Crippen LogP contribution >= 0.6 is 0 Å². The molecule has 106 valence electrons. The number of aromatic nitrogens is 2. The molecule has 0 bridgehead atoms. The smallest absolute Gasteiger partial charge is 0.241 e. The zero-order valence-electron chi connectivity index (χ0n) is 11.8. The van der Waals surface area contributed by atoms with Crippen LogP contribution < -0.4 is 11.1 Å². The number of aryl methyl sites for hydroxylation is 2. The Hall–Kier alpha value is -2.14. The summed E-state index contributed by atoms with van der Waals surface area (Å²) in [7, 11) is 0. The second-order valence-electron chi connectivity index (χ2n) is 4.85. The Bertz CT molecular complexity index is 574. The number of amides is 1. The summed E-state index contributed by atoms with van der Waals surface area (Å²) in [6, 6.07) is 7.06. The van der Waals surface area contributed by atoms with E-state index in [-0.39, 0.29) is 5.91 Å². The van der Waals surface area contributed by atoms with Gasteiger partial charge < -0.3 is 15.6 Å². The lowest BCUT2D eigenvalue weighted by Gasteiger charge is -2.13. The molecule has 0 saturated heterocycles. The molecule has 5 nitrogen and oxygen atoms in total. The molecule has 5 heteroatoms. The minimum Gasteiger partial charge on any atom is -0.353 e. The van der Waals surface area contributed by atoms with E-state index in [1.165, 1.54) is 0 Å². The molecule has 2 rings (SSSR count). The van der Waals surface area contributed by atoms with Crippen molar-refractivity contribution in [3.63, 3.8) is 0 Å². The van der Waals surface area contributed by atoms with E-state index in [2.05, 4.69) is 10.3 Å². The van der Waals surface area contributed by atoms with E-state index in [1.807, 2.05) is 48.9 Å². The molecule has 0 fully saturated rings. The number of imidazole rings is 1. The minimum absolute atomic E-state index is 0.161. The third kappa shape index (κ3) is 3.45. The van der Waals surface area contributed by atoms with E-state index in [0.29, 0.717) is 13.1 Å². The Labute approximate surface area is 118 Å². The van der Waals surface area contributed by atoms with E-state index in [4.69, 9.17) is 5.73 Å². The van der Waals surface area contributed by atoms with Crippen LogP contribution in [0.5, 0.6) is 0 Å². The van der Waals surface area contributed by atoms with Crippen LogP contribution in [0, 0.1) is 13.8 Å². The normalized spacial score (nSPS) is 12.2. The summed E-state index contributed by atoms with van der Waals surface area (Å²) in [6.45, 7) is 5.16. The number of nitrogens with two attached hydrogens (primary N) is 1. The number of hydrogen-bond donors (Lipinski definition) is 2. The van der Waals surface area contributed by atoms with E-state index < -0.39 is 6.04 Å². The highest BCUT2D eigenvalue weighted by molar-refractivity contribution is 5.82. The minimum atomic E-state index is -0.625. The van der Waals surface area contributed by atoms with Crippen molar-refractivity contribution in [1.82, 2.24) is 14.9 Å². The fraction of sp³-hybridized carbons (Fsp3) is 0.333. The van der Waals surface area contributed by atoms with Crippen LogP contribution in [-0.2, 0) is 11.3 Å². The first kappa shape index (κ1) is 14.3. The lowest BCUT2D eigenvalue weighted by Crippen LogP contribution is -2.35. The number of rotatable bonds is 5. The predicted molar refractivity (Wildman–Crippen MR) is 78.1 cm³/mol. The molecule has 3 N–H and O–H groups in total. The maximum atomic E-state index is 12.0. The number of nitrogens with zero attached hydrogens (tertiary/aromatic N) is 2. The fourth-order valence-corrected chi connectivity index (χ4v) is 1.97. The number of carbonyl (C=O) groups excluding carboxylic acids is 1. The molecule has 0 spiro atoms.